The lowest BCUT2D eigenvalue weighted by atomic mass is 9.91. The molecule has 0 saturated heterocycles. The van der Waals surface area contributed by atoms with Gasteiger partial charge in [-0.2, -0.15) is 18.3 Å². The molecule has 0 N–H and O–H groups in total. The fraction of sp³-hybridized carbons (Fsp3) is 0.0968. The minimum atomic E-state index is 0.664. The molecule has 14 aromatic rings. The molecule has 2 aliphatic heterocycles. The van der Waals surface area contributed by atoms with Crippen molar-refractivity contribution in [3.63, 3.8) is 0 Å². The second-order valence-electron chi connectivity index (χ2n) is 19.2. The number of aromatic nitrogens is 8. The van der Waals surface area contributed by atoms with Gasteiger partial charge in [0.15, 0.2) is 44.1 Å². The highest BCUT2D eigenvalue weighted by molar-refractivity contribution is 6.07. The molecule has 0 spiro atoms. The summed E-state index contributed by atoms with van der Waals surface area (Å²) in [6, 6.07) is 71.9. The van der Waals surface area contributed by atoms with E-state index in [2.05, 4.69) is 256 Å². The van der Waals surface area contributed by atoms with Crippen LogP contribution in [0.5, 0.6) is 0 Å². The number of hydrogen-bond acceptors (Lipinski definition) is 0. The van der Waals surface area contributed by atoms with Crippen LogP contribution in [0.4, 0.5) is 0 Å². The molecule has 6 heterocycles. The molecule has 10 aromatic carbocycles. The summed E-state index contributed by atoms with van der Waals surface area (Å²) in [7, 11) is 0. The van der Waals surface area contributed by atoms with Gasteiger partial charge in [0.25, 0.3) is 0 Å². The van der Waals surface area contributed by atoms with Crippen molar-refractivity contribution in [2.24, 2.45) is 0 Å². The first-order valence-electron chi connectivity index (χ1n) is 24.4. The van der Waals surface area contributed by atoms with Crippen LogP contribution in [0.3, 0.4) is 0 Å². The Morgan fingerprint density at radius 3 is 0.629 bits per heavy atom. The van der Waals surface area contributed by atoms with E-state index in [1.807, 2.05) is 0 Å². The minimum Gasteiger partial charge on any atom is -0.225 e. The predicted molar refractivity (Wildman–Crippen MR) is 279 cm³/mol. The molecule has 2 aliphatic rings. The van der Waals surface area contributed by atoms with Gasteiger partial charge in [-0.3, -0.25) is 0 Å². The summed E-state index contributed by atoms with van der Waals surface area (Å²) in [5.74, 6) is 0. The summed E-state index contributed by atoms with van der Waals surface area (Å²) in [5, 5.41) is 10.3. The summed E-state index contributed by atoms with van der Waals surface area (Å²) in [4.78, 5) is 0. The van der Waals surface area contributed by atoms with Crippen molar-refractivity contribution < 1.29 is 18.3 Å². The lowest BCUT2D eigenvalue weighted by Crippen LogP contribution is -2.50. The Labute approximate surface area is 403 Å². The third-order valence-corrected chi connectivity index (χ3v) is 15.3. The van der Waals surface area contributed by atoms with Gasteiger partial charge in [0.2, 0.25) is 38.6 Å². The highest BCUT2D eigenvalue weighted by Crippen LogP contribution is 2.37. The standard InChI is InChI=1S/C62H48N8/c1-2-18-44-43(17-1)51-33-63-37-67(59-29-13-9-25-55(59)63)41-69-39-65(57-27-11-15-31-61(57)69)35-53-47-21-5-7-23-49(47)54(50-24-8-6-22-48(50)53)36-66-40-70(62-32-16-12-28-58(62)66)42-68-38-64(56-26-10-14-30-60(56)68)34-52(44)46-20-4-3-19-45(46)51/h1-32,37-40H,33-36,41-42H2/q+4. The Morgan fingerprint density at radius 2 is 0.414 bits per heavy atom. The van der Waals surface area contributed by atoms with E-state index in [4.69, 9.17) is 0 Å². The van der Waals surface area contributed by atoms with Crippen LogP contribution in [0.2, 0.25) is 0 Å². The summed E-state index contributed by atoms with van der Waals surface area (Å²) in [6.45, 7) is 4.25. The van der Waals surface area contributed by atoms with Crippen molar-refractivity contribution in [2.75, 3.05) is 0 Å². The van der Waals surface area contributed by atoms with Gasteiger partial charge < -0.3 is 0 Å². The molecule has 4 aromatic heterocycles. The van der Waals surface area contributed by atoms with Crippen molar-refractivity contribution in [3.05, 3.63) is 242 Å². The van der Waals surface area contributed by atoms with Gasteiger partial charge in [0.05, 0.1) is 0 Å². The molecule has 0 radical (unpaired) electrons. The maximum Gasteiger partial charge on any atom is 0.248 e. The zero-order valence-electron chi connectivity index (χ0n) is 38.6. The first kappa shape index (κ1) is 39.1. The van der Waals surface area contributed by atoms with E-state index in [1.165, 1.54) is 109 Å². The zero-order valence-corrected chi connectivity index (χ0v) is 38.6. The Bertz CT molecular complexity index is 3770. The highest BCUT2D eigenvalue weighted by Gasteiger charge is 2.28. The monoisotopic (exact) mass is 904 g/mol. The molecular formula is C62H48N8+4. The molecule has 0 unspecified atom stereocenters. The van der Waals surface area contributed by atoms with Crippen molar-refractivity contribution in [2.45, 2.75) is 39.5 Å². The summed E-state index contributed by atoms with van der Waals surface area (Å²) < 4.78 is 19.6. The quantitative estimate of drug-likeness (QED) is 0.107. The second-order valence-corrected chi connectivity index (χ2v) is 19.2. The van der Waals surface area contributed by atoms with E-state index >= 15 is 0 Å². The lowest BCUT2D eigenvalue weighted by Gasteiger charge is -2.15. The van der Waals surface area contributed by atoms with E-state index in [0.717, 1.165) is 26.2 Å². The van der Waals surface area contributed by atoms with Crippen LogP contribution in [-0.2, 0) is 39.5 Å². The Kier molecular flexibility index (Phi) is 8.57. The molecule has 12 bridgehead atoms. The lowest BCUT2D eigenvalue weighted by molar-refractivity contribution is -0.891. The molecule has 8 heteroatoms. The zero-order chi connectivity index (χ0) is 45.9. The average molecular weight is 905 g/mol. The molecule has 70 heavy (non-hydrogen) atoms. The van der Waals surface area contributed by atoms with Gasteiger partial charge in [-0.25, -0.2) is 18.3 Å². The van der Waals surface area contributed by atoms with Crippen LogP contribution in [0.15, 0.2) is 219 Å². The summed E-state index contributed by atoms with van der Waals surface area (Å²) in [6.07, 6.45) is 9.35. The van der Waals surface area contributed by atoms with Crippen molar-refractivity contribution in [1.29, 1.82) is 0 Å². The van der Waals surface area contributed by atoms with Crippen LogP contribution in [-0.4, -0.2) is 18.3 Å². The Morgan fingerprint density at radius 1 is 0.229 bits per heavy atom. The number of nitrogens with zero attached hydrogens (tertiary/aromatic N) is 8. The maximum atomic E-state index is 2.46. The van der Waals surface area contributed by atoms with Gasteiger partial charge in [-0.1, -0.05) is 146 Å². The van der Waals surface area contributed by atoms with Crippen molar-refractivity contribution in [1.82, 2.24) is 18.3 Å². The Hall–Kier alpha value is -8.88. The number of benzene rings is 10. The van der Waals surface area contributed by atoms with Crippen LogP contribution in [0, 0.1) is 0 Å². The topological polar surface area (TPSA) is 35.2 Å². The van der Waals surface area contributed by atoms with E-state index in [1.54, 1.807) is 0 Å². The fourth-order valence-corrected chi connectivity index (χ4v) is 12.2. The van der Waals surface area contributed by atoms with E-state index in [9.17, 15) is 0 Å². The molecule has 0 atom stereocenters. The van der Waals surface area contributed by atoms with Gasteiger partial charge in [-0.05, 0) is 91.6 Å². The molecule has 0 saturated carbocycles. The number of fused-ring (bicyclic) bond motifs is 5. The van der Waals surface area contributed by atoms with E-state index in [0.29, 0.717) is 13.3 Å². The molecule has 332 valence electrons. The van der Waals surface area contributed by atoms with E-state index in [-0.39, 0.29) is 0 Å². The summed E-state index contributed by atoms with van der Waals surface area (Å²) in [5.41, 5.74) is 15.0. The molecule has 0 amide bonds. The predicted octanol–water partition coefficient (Wildman–Crippen LogP) is 10.8. The SMILES string of the molecule is c1ccc2c3c4ccccc4c(c2c1)Cn1c[n+](c2ccccc21)C[n+]1cn(c2ccccc21)Cc1c2ccccc2c(c2ccccc12)Cn1c[n+](c2ccccc21)C[n+]1cn(c2ccccc21)C3. The van der Waals surface area contributed by atoms with Crippen LogP contribution in [0.1, 0.15) is 22.3 Å². The number of hydrogen-bond donors (Lipinski definition) is 0. The second kappa shape index (κ2) is 15.3. The van der Waals surface area contributed by atoms with Crippen LogP contribution in [0.25, 0.3) is 87.2 Å². The minimum absolute atomic E-state index is 0.664. The molecule has 0 aliphatic carbocycles. The van der Waals surface area contributed by atoms with Gasteiger partial charge in [0.1, 0.15) is 26.2 Å². The van der Waals surface area contributed by atoms with Crippen molar-refractivity contribution >= 4 is 87.2 Å². The number of imidazole rings is 4. The average Bonchev–Trinajstić information content (AvgIpc) is 4.16. The first-order valence-corrected chi connectivity index (χ1v) is 24.4. The highest BCUT2D eigenvalue weighted by atomic mass is 15.3. The van der Waals surface area contributed by atoms with Gasteiger partial charge >= 0.3 is 0 Å². The van der Waals surface area contributed by atoms with Crippen LogP contribution < -0.4 is 18.3 Å². The number of para-hydroxylation sites is 8. The smallest absolute Gasteiger partial charge is 0.225 e. The third-order valence-electron chi connectivity index (χ3n) is 15.3. The maximum absolute atomic E-state index is 2.46. The molecule has 0 fully saturated rings. The molecular weight excluding hydrogens is 857 g/mol. The van der Waals surface area contributed by atoms with E-state index < -0.39 is 0 Å². The third kappa shape index (κ3) is 5.96. The van der Waals surface area contributed by atoms with Crippen LogP contribution >= 0.6 is 0 Å². The fourth-order valence-electron chi connectivity index (χ4n) is 12.2. The molecule has 16 rings (SSSR count). The van der Waals surface area contributed by atoms with Crippen molar-refractivity contribution in [3.8, 4) is 0 Å². The normalized spacial score (nSPS) is 13.4. The summed E-state index contributed by atoms with van der Waals surface area (Å²) >= 11 is 0. The Balaban J connectivity index is 0.992. The number of rotatable bonds is 0. The largest absolute Gasteiger partial charge is 0.248 e. The van der Waals surface area contributed by atoms with Gasteiger partial charge in [0, 0.05) is 22.3 Å². The van der Waals surface area contributed by atoms with Gasteiger partial charge in [-0.15, -0.1) is 0 Å². The first-order chi connectivity index (χ1) is 34.7. The molecule has 8 nitrogen and oxygen atoms in total.